The number of nitrogens with zero attached hydrogens (tertiary/aromatic N) is 7. The summed E-state index contributed by atoms with van der Waals surface area (Å²) >= 11 is 0. The number of rotatable bonds is 12. The molecule has 0 saturated carbocycles. The summed E-state index contributed by atoms with van der Waals surface area (Å²) in [5.41, 5.74) is 6.26. The van der Waals surface area contributed by atoms with Gasteiger partial charge in [-0.15, -0.1) is 4.73 Å². The number of hydrogen-bond donors (Lipinski definition) is 1. The number of fused-ring (bicyclic) bond motifs is 20. The van der Waals surface area contributed by atoms with Crippen molar-refractivity contribution in [2.24, 2.45) is 0 Å². The van der Waals surface area contributed by atoms with Crippen LogP contribution in [0, 0.1) is 23.3 Å². The molecular weight excluding hydrogens is 973 g/mol. The third-order valence-electron chi connectivity index (χ3n) is 13.0. The second-order valence-electron chi connectivity index (χ2n) is 17.9. The quantitative estimate of drug-likeness (QED) is 0.118. The van der Waals surface area contributed by atoms with Gasteiger partial charge in [0.25, 0.3) is 0 Å². The summed E-state index contributed by atoms with van der Waals surface area (Å²) in [6, 6.07) is 49.2. The largest absolute Gasteiger partial charge is 0.485 e. The highest BCUT2D eigenvalue weighted by Crippen LogP contribution is 2.48. The van der Waals surface area contributed by atoms with E-state index in [2.05, 4.69) is 4.98 Å². The summed E-state index contributed by atoms with van der Waals surface area (Å²) in [4.78, 5) is 41.4. The normalized spacial score (nSPS) is 11.6. The van der Waals surface area contributed by atoms with E-state index in [0.717, 1.165) is 17.7 Å². The molecule has 5 heterocycles. The zero-order valence-electron chi connectivity index (χ0n) is 39.8. The van der Waals surface area contributed by atoms with Gasteiger partial charge < -0.3 is 24.0 Å². The lowest BCUT2D eigenvalue weighted by molar-refractivity contribution is 0.114. The van der Waals surface area contributed by atoms with E-state index >= 15 is 4.39 Å². The van der Waals surface area contributed by atoms with Gasteiger partial charge in [-0.3, -0.25) is 0 Å². The third kappa shape index (κ3) is 8.60. The van der Waals surface area contributed by atoms with Crippen molar-refractivity contribution in [2.45, 2.75) is 26.4 Å². The Bertz CT molecular complexity index is 4250. The molecule has 1 N–H and O–H groups in total. The lowest BCUT2D eigenvalue weighted by Crippen LogP contribution is -2.12. The zero-order valence-corrected chi connectivity index (χ0v) is 39.8. The van der Waals surface area contributed by atoms with Gasteiger partial charge in [0.15, 0.2) is 46.1 Å². The standard InChI is InChI=1S/C60H38F4N8O4/c61-38-23-18-35(19-24-38)31-74-51-49(73-33-37-22-27-40(63)28-48(37)64)29-47-50(52(51)75-30-34-10-2-1-3-11-34)58-68-54-42-13-5-7-15-44(42)56(66-54)71-60-46-17-9-8-16-45(46)59(72(60)76-32-36-20-25-39(62)26-21-36)70-55-43-14-6-4-12-41(43)53(65-55)67-57(47)69-58/h1-29H,30-33H2,(H,65,66,67,68,69,70,71). The number of hydrogen-bond acceptors (Lipinski definition) is 10. The van der Waals surface area contributed by atoms with Crippen LogP contribution in [0.25, 0.3) is 89.7 Å². The summed E-state index contributed by atoms with van der Waals surface area (Å²) in [5, 5.41) is 2.28. The molecule has 16 heteroatoms. The molecule has 12 nitrogen and oxygen atoms in total. The number of nitrogens with one attached hydrogen (secondary N) is 1. The Balaban J connectivity index is 1.12. The van der Waals surface area contributed by atoms with Gasteiger partial charge in [-0.2, -0.15) is 0 Å². The van der Waals surface area contributed by atoms with Crippen LogP contribution in [0.2, 0.25) is 0 Å². The van der Waals surface area contributed by atoms with E-state index in [4.69, 9.17) is 49.0 Å². The maximum atomic E-state index is 15.3. The molecule has 0 radical (unpaired) electrons. The molecule has 0 spiro atoms. The third-order valence-corrected chi connectivity index (χ3v) is 13.0. The molecule has 0 amide bonds. The van der Waals surface area contributed by atoms with Crippen molar-refractivity contribution in [3.63, 3.8) is 0 Å². The average molecular weight is 1010 g/mol. The maximum Gasteiger partial charge on any atom is 0.204 e. The summed E-state index contributed by atoms with van der Waals surface area (Å²) < 4.78 is 79.3. The lowest BCUT2D eigenvalue weighted by Gasteiger charge is -2.19. The van der Waals surface area contributed by atoms with E-state index < -0.39 is 17.5 Å². The first kappa shape index (κ1) is 45.9. The van der Waals surface area contributed by atoms with Gasteiger partial charge in [0.05, 0.1) is 5.39 Å². The van der Waals surface area contributed by atoms with Gasteiger partial charge in [-0.1, -0.05) is 127 Å². The fraction of sp³-hybridized carbons (Fsp3) is 0.0667. The van der Waals surface area contributed by atoms with Gasteiger partial charge in [-0.05, 0) is 59.2 Å². The fourth-order valence-corrected chi connectivity index (χ4v) is 9.28. The Morgan fingerprint density at radius 3 is 1.46 bits per heavy atom. The monoisotopic (exact) mass is 1010 g/mol. The molecule has 76 heavy (non-hydrogen) atoms. The first-order valence-electron chi connectivity index (χ1n) is 24.1. The maximum absolute atomic E-state index is 15.3. The number of aromatic amines is 1. The van der Waals surface area contributed by atoms with Gasteiger partial charge in [0.1, 0.15) is 61.0 Å². The number of ether oxygens (including phenoxy) is 3. The van der Waals surface area contributed by atoms with Gasteiger partial charge in [0.2, 0.25) is 5.75 Å². The molecule has 2 aliphatic heterocycles. The minimum atomic E-state index is -0.801. The lowest BCUT2D eigenvalue weighted by atomic mass is 10.1. The molecular formula is C60H38F4N8O4. The first-order chi connectivity index (χ1) is 37.3. The van der Waals surface area contributed by atoms with Crippen LogP contribution < -0.4 is 19.0 Å². The molecule has 8 bridgehead atoms. The van der Waals surface area contributed by atoms with Crippen molar-refractivity contribution in [1.82, 2.24) is 39.6 Å². The molecule has 0 unspecified atom stereocenters. The zero-order chi connectivity index (χ0) is 51.3. The molecule has 0 atom stereocenters. The van der Waals surface area contributed by atoms with Crippen LogP contribution in [0.1, 0.15) is 22.3 Å². The van der Waals surface area contributed by atoms with Crippen LogP contribution in [0.5, 0.6) is 17.2 Å². The number of H-pyrrole nitrogens is 1. The van der Waals surface area contributed by atoms with Crippen LogP contribution in [-0.4, -0.2) is 39.6 Å². The smallest absolute Gasteiger partial charge is 0.204 e. The fourth-order valence-electron chi connectivity index (χ4n) is 9.28. The van der Waals surface area contributed by atoms with E-state index in [1.807, 2.05) is 103 Å². The number of aromatic nitrogens is 8. The van der Waals surface area contributed by atoms with Crippen LogP contribution in [-0.2, 0) is 26.4 Å². The minimum absolute atomic E-state index is 0.0350. The minimum Gasteiger partial charge on any atom is -0.485 e. The first-order valence-corrected chi connectivity index (χ1v) is 24.1. The van der Waals surface area contributed by atoms with Crippen LogP contribution in [0.15, 0.2) is 176 Å². The highest BCUT2D eigenvalue weighted by molar-refractivity contribution is 6.11. The SMILES string of the molecule is Fc1ccc(COc2c(OCc3ccc(F)cc3F)cc3c4nc5nc(nc6c7ccccc7c(nc7nc(nc([nH]4)c3c2OCc2ccccc2)-c2ccccc2-7)n6OCc2ccc(F)cc2)-c2ccccc2-5)cc1. The molecule has 13 rings (SSSR count). The number of halogens is 4. The van der Waals surface area contributed by atoms with E-state index in [0.29, 0.717) is 89.5 Å². The number of benzene rings is 8. The summed E-state index contributed by atoms with van der Waals surface area (Å²) in [5.74, 6) is -0.664. The van der Waals surface area contributed by atoms with Crippen molar-refractivity contribution >= 4 is 44.1 Å². The molecule has 370 valence electrons. The second-order valence-corrected chi connectivity index (χ2v) is 17.9. The highest BCUT2D eigenvalue weighted by atomic mass is 19.1. The molecule has 2 aliphatic rings. The Morgan fingerprint density at radius 2 is 0.882 bits per heavy atom. The molecule has 0 fully saturated rings. The van der Waals surface area contributed by atoms with Crippen molar-refractivity contribution in [3.05, 3.63) is 221 Å². The van der Waals surface area contributed by atoms with Gasteiger partial charge >= 0.3 is 0 Å². The van der Waals surface area contributed by atoms with Gasteiger partial charge in [-0.25, -0.2) is 47.5 Å². The topological polar surface area (TPSA) is 135 Å². The van der Waals surface area contributed by atoms with Crippen LogP contribution in [0.3, 0.4) is 0 Å². The van der Waals surface area contributed by atoms with Crippen molar-refractivity contribution in [2.75, 3.05) is 0 Å². The van der Waals surface area contributed by atoms with Crippen molar-refractivity contribution < 1.29 is 36.6 Å². The van der Waals surface area contributed by atoms with Crippen molar-refractivity contribution in [1.29, 1.82) is 0 Å². The average Bonchev–Trinajstić information content (AvgIpc) is 4.20. The van der Waals surface area contributed by atoms with E-state index in [1.54, 1.807) is 35.1 Å². The summed E-state index contributed by atoms with van der Waals surface area (Å²) in [6.07, 6.45) is 0. The van der Waals surface area contributed by atoms with Crippen molar-refractivity contribution in [3.8, 4) is 62.8 Å². The second kappa shape index (κ2) is 19.1. The summed E-state index contributed by atoms with van der Waals surface area (Å²) in [6.45, 7) is -0.315. The summed E-state index contributed by atoms with van der Waals surface area (Å²) in [7, 11) is 0. The molecule has 0 saturated heterocycles. The van der Waals surface area contributed by atoms with E-state index in [-0.39, 0.29) is 66.4 Å². The predicted octanol–water partition coefficient (Wildman–Crippen LogP) is 13.3. The molecule has 11 aromatic rings. The molecule has 0 aliphatic carbocycles. The van der Waals surface area contributed by atoms with Crippen LogP contribution >= 0.6 is 0 Å². The Hall–Kier alpha value is -9.96. The Labute approximate surface area is 429 Å². The highest BCUT2D eigenvalue weighted by Gasteiger charge is 2.28. The Morgan fingerprint density at radius 1 is 0.395 bits per heavy atom. The predicted molar refractivity (Wildman–Crippen MR) is 279 cm³/mol. The van der Waals surface area contributed by atoms with E-state index in [1.165, 1.54) is 30.3 Å². The Kier molecular flexibility index (Phi) is 11.6. The molecule has 3 aromatic heterocycles. The van der Waals surface area contributed by atoms with Crippen LogP contribution in [0.4, 0.5) is 17.6 Å². The van der Waals surface area contributed by atoms with Gasteiger partial charge in [0, 0.05) is 50.0 Å². The molecule has 8 aromatic carbocycles. The van der Waals surface area contributed by atoms with E-state index in [9.17, 15) is 13.2 Å².